The minimum Gasteiger partial charge on any atom is -0.337 e. The number of carbonyl (C=O) groups excluding carboxylic acids is 1. The Morgan fingerprint density at radius 1 is 1.60 bits per heavy atom. The van der Waals surface area contributed by atoms with Crippen molar-refractivity contribution in [2.75, 3.05) is 7.05 Å². The lowest BCUT2D eigenvalue weighted by Gasteiger charge is -2.23. The van der Waals surface area contributed by atoms with E-state index in [1.165, 1.54) is 12.8 Å². The highest BCUT2D eigenvalue weighted by Crippen LogP contribution is 2.35. The van der Waals surface area contributed by atoms with Crippen molar-refractivity contribution in [3.05, 3.63) is 9.47 Å². The summed E-state index contributed by atoms with van der Waals surface area (Å²) in [7, 11) is 1.81. The van der Waals surface area contributed by atoms with Gasteiger partial charge in [-0.3, -0.25) is 4.79 Å². The Labute approximate surface area is 97.3 Å². The topological polar surface area (TPSA) is 46.1 Å². The Morgan fingerprint density at radius 2 is 2.27 bits per heavy atom. The Balaban J connectivity index is 2.06. The molecule has 1 unspecified atom stereocenters. The third-order valence-electron chi connectivity index (χ3n) is 2.82. The van der Waals surface area contributed by atoms with Gasteiger partial charge in [0, 0.05) is 13.1 Å². The summed E-state index contributed by atoms with van der Waals surface area (Å²) in [6.07, 6.45) is 2.44. The lowest BCUT2D eigenvalue weighted by Crippen LogP contribution is -2.36. The van der Waals surface area contributed by atoms with Crippen LogP contribution in [0.3, 0.4) is 0 Å². The van der Waals surface area contributed by atoms with E-state index in [4.69, 9.17) is 11.6 Å². The number of amides is 1. The molecule has 6 heteroatoms. The Hall–Kier alpha value is -0.680. The van der Waals surface area contributed by atoms with Crippen LogP contribution < -0.4 is 0 Å². The first-order chi connectivity index (χ1) is 7.09. The molecule has 1 atom stereocenters. The molecule has 0 radical (unpaired) electrons. The van der Waals surface area contributed by atoms with Crippen LogP contribution in [0, 0.1) is 5.92 Å². The van der Waals surface area contributed by atoms with E-state index in [2.05, 4.69) is 17.1 Å². The monoisotopic (exact) mass is 245 g/mol. The third-order valence-corrected chi connectivity index (χ3v) is 3.83. The SMILES string of the molecule is CC(C1CC1)N(C)C(=O)c1nnc(Cl)s1. The number of rotatable bonds is 3. The van der Waals surface area contributed by atoms with Gasteiger partial charge in [-0.05, 0) is 37.3 Å². The van der Waals surface area contributed by atoms with Crippen LogP contribution in [0.2, 0.25) is 4.47 Å². The molecule has 0 aliphatic heterocycles. The van der Waals surface area contributed by atoms with Gasteiger partial charge in [0.15, 0.2) is 0 Å². The van der Waals surface area contributed by atoms with Crippen molar-refractivity contribution < 1.29 is 4.79 Å². The van der Waals surface area contributed by atoms with Gasteiger partial charge in [-0.25, -0.2) is 0 Å². The number of hydrogen-bond acceptors (Lipinski definition) is 4. The van der Waals surface area contributed by atoms with E-state index < -0.39 is 0 Å². The summed E-state index contributed by atoms with van der Waals surface area (Å²) in [5.74, 6) is 0.571. The van der Waals surface area contributed by atoms with Crippen LogP contribution in [0.15, 0.2) is 0 Å². The van der Waals surface area contributed by atoms with Crippen molar-refractivity contribution in [2.45, 2.75) is 25.8 Å². The molecule has 1 saturated carbocycles. The Bertz CT molecular complexity index is 377. The fourth-order valence-corrected chi connectivity index (χ4v) is 2.33. The van der Waals surface area contributed by atoms with Gasteiger partial charge in [0.25, 0.3) is 5.91 Å². The molecule has 2 rings (SSSR count). The lowest BCUT2D eigenvalue weighted by atomic mass is 10.2. The van der Waals surface area contributed by atoms with Gasteiger partial charge in [-0.1, -0.05) is 11.3 Å². The van der Waals surface area contributed by atoms with E-state index >= 15 is 0 Å². The van der Waals surface area contributed by atoms with Crippen molar-refractivity contribution in [2.24, 2.45) is 5.92 Å². The lowest BCUT2D eigenvalue weighted by molar-refractivity contribution is 0.0726. The van der Waals surface area contributed by atoms with E-state index in [-0.39, 0.29) is 11.9 Å². The molecule has 1 aromatic rings. The molecule has 0 bridgehead atoms. The number of carbonyl (C=O) groups is 1. The smallest absolute Gasteiger partial charge is 0.284 e. The van der Waals surface area contributed by atoms with Crippen LogP contribution in [0.4, 0.5) is 0 Å². The summed E-state index contributed by atoms with van der Waals surface area (Å²) >= 11 is 6.76. The maximum Gasteiger partial charge on any atom is 0.284 e. The van der Waals surface area contributed by atoms with Gasteiger partial charge < -0.3 is 4.90 Å². The van der Waals surface area contributed by atoms with Crippen LogP contribution in [0.1, 0.15) is 29.6 Å². The van der Waals surface area contributed by atoms with Crippen molar-refractivity contribution in [3.8, 4) is 0 Å². The van der Waals surface area contributed by atoms with Crippen molar-refractivity contribution >= 4 is 28.8 Å². The fourth-order valence-electron chi connectivity index (χ4n) is 1.52. The van der Waals surface area contributed by atoms with Gasteiger partial charge >= 0.3 is 0 Å². The predicted molar refractivity (Wildman–Crippen MR) is 59.2 cm³/mol. The molecular formula is C9H12ClN3OS. The number of aromatic nitrogens is 2. The second kappa shape index (κ2) is 4.06. The van der Waals surface area contributed by atoms with Crippen molar-refractivity contribution in [3.63, 3.8) is 0 Å². The molecule has 1 amide bonds. The summed E-state index contributed by atoms with van der Waals surface area (Å²) < 4.78 is 0.311. The second-order valence-corrected chi connectivity index (χ2v) is 5.41. The molecule has 82 valence electrons. The zero-order valence-corrected chi connectivity index (χ0v) is 10.2. The second-order valence-electron chi connectivity index (χ2n) is 3.85. The molecule has 1 aliphatic carbocycles. The van der Waals surface area contributed by atoms with Gasteiger partial charge in [-0.15, -0.1) is 10.2 Å². The first-order valence-corrected chi connectivity index (χ1v) is 6.05. The van der Waals surface area contributed by atoms with E-state index in [1.54, 1.807) is 11.9 Å². The molecule has 1 fully saturated rings. The summed E-state index contributed by atoms with van der Waals surface area (Å²) in [5, 5.41) is 7.74. The molecular weight excluding hydrogens is 234 g/mol. The minimum absolute atomic E-state index is 0.0844. The zero-order valence-electron chi connectivity index (χ0n) is 8.61. The maximum atomic E-state index is 11.9. The fraction of sp³-hybridized carbons (Fsp3) is 0.667. The average Bonchev–Trinajstić information content (AvgIpc) is 2.98. The molecule has 1 heterocycles. The van der Waals surface area contributed by atoms with E-state index in [1.807, 2.05) is 0 Å². The molecule has 0 aromatic carbocycles. The van der Waals surface area contributed by atoms with Crippen molar-refractivity contribution in [1.82, 2.24) is 15.1 Å². The molecule has 1 aliphatic rings. The Morgan fingerprint density at radius 3 is 2.73 bits per heavy atom. The normalized spacial score (nSPS) is 17.5. The van der Waals surface area contributed by atoms with Gasteiger partial charge in [0.2, 0.25) is 9.47 Å². The van der Waals surface area contributed by atoms with Gasteiger partial charge in [0.05, 0.1) is 0 Å². The van der Waals surface area contributed by atoms with E-state index in [9.17, 15) is 4.79 Å². The van der Waals surface area contributed by atoms with E-state index in [0.29, 0.717) is 15.4 Å². The highest BCUT2D eigenvalue weighted by atomic mass is 35.5. The van der Waals surface area contributed by atoms with Crippen LogP contribution in [-0.4, -0.2) is 34.1 Å². The average molecular weight is 246 g/mol. The first-order valence-electron chi connectivity index (χ1n) is 4.85. The summed E-state index contributed by atoms with van der Waals surface area (Å²) in [5.41, 5.74) is 0. The summed E-state index contributed by atoms with van der Waals surface area (Å²) in [6.45, 7) is 2.07. The maximum absolute atomic E-state index is 11.9. The molecule has 15 heavy (non-hydrogen) atoms. The van der Waals surface area contributed by atoms with Crippen molar-refractivity contribution in [1.29, 1.82) is 0 Å². The quantitative estimate of drug-likeness (QED) is 0.819. The van der Waals surface area contributed by atoms with Crippen LogP contribution in [-0.2, 0) is 0 Å². The number of hydrogen-bond donors (Lipinski definition) is 0. The number of nitrogens with zero attached hydrogens (tertiary/aromatic N) is 3. The summed E-state index contributed by atoms with van der Waals surface area (Å²) in [6, 6.07) is 0.278. The number of halogens is 1. The molecule has 0 saturated heterocycles. The zero-order chi connectivity index (χ0) is 11.0. The molecule has 0 N–H and O–H groups in total. The van der Waals surface area contributed by atoms with Gasteiger partial charge in [-0.2, -0.15) is 0 Å². The van der Waals surface area contributed by atoms with Crippen LogP contribution in [0.5, 0.6) is 0 Å². The minimum atomic E-state index is -0.0844. The van der Waals surface area contributed by atoms with Crippen LogP contribution in [0.25, 0.3) is 0 Å². The third kappa shape index (κ3) is 2.29. The van der Waals surface area contributed by atoms with Crippen LogP contribution >= 0.6 is 22.9 Å². The van der Waals surface area contributed by atoms with E-state index in [0.717, 1.165) is 11.3 Å². The van der Waals surface area contributed by atoms with Gasteiger partial charge in [0.1, 0.15) is 0 Å². The molecule has 1 aromatic heterocycles. The molecule has 4 nitrogen and oxygen atoms in total. The first kappa shape index (κ1) is 10.8. The Kier molecular flexibility index (Phi) is 2.93. The highest BCUT2D eigenvalue weighted by Gasteiger charge is 2.33. The highest BCUT2D eigenvalue weighted by molar-refractivity contribution is 7.17. The molecule has 0 spiro atoms. The largest absolute Gasteiger partial charge is 0.337 e. The summed E-state index contributed by atoms with van der Waals surface area (Å²) in [4.78, 5) is 13.6. The predicted octanol–water partition coefficient (Wildman–Crippen LogP) is 2.06. The standard InChI is InChI=1S/C9H12ClN3OS/c1-5(6-3-4-6)13(2)8(14)7-11-12-9(10)15-7/h5-6H,3-4H2,1-2H3.